The highest BCUT2D eigenvalue weighted by molar-refractivity contribution is 7.86. The molecule has 0 bridgehead atoms. The van der Waals surface area contributed by atoms with Crippen LogP contribution in [0.25, 0.3) is 0 Å². The largest absolute Gasteiger partial charge is 0.378 e. The summed E-state index contributed by atoms with van der Waals surface area (Å²) in [6.07, 6.45) is 0.481. The van der Waals surface area contributed by atoms with Crippen molar-refractivity contribution in [3.05, 3.63) is 35.9 Å². The van der Waals surface area contributed by atoms with Crippen LogP contribution in [0.4, 0.5) is 0 Å². The molecule has 1 aromatic carbocycles. The summed E-state index contributed by atoms with van der Waals surface area (Å²) in [6.45, 7) is 4.80. The fraction of sp³-hybridized carbons (Fsp3) is 0.600. The van der Waals surface area contributed by atoms with Gasteiger partial charge in [0.1, 0.15) is 6.23 Å². The van der Waals surface area contributed by atoms with Crippen LogP contribution in [-0.4, -0.2) is 43.6 Å². The summed E-state index contributed by atoms with van der Waals surface area (Å²) >= 11 is 0. The van der Waals surface area contributed by atoms with E-state index < -0.39 is 27.9 Å². The summed E-state index contributed by atoms with van der Waals surface area (Å²) in [5.74, 6) is 0. The second-order valence-corrected chi connectivity index (χ2v) is 7.98. The van der Waals surface area contributed by atoms with Gasteiger partial charge in [-0.2, -0.15) is 8.42 Å². The minimum atomic E-state index is -3.52. The molecule has 1 heterocycles. The molecule has 0 radical (unpaired) electrons. The van der Waals surface area contributed by atoms with Crippen molar-refractivity contribution in [2.45, 2.75) is 39.1 Å². The molecule has 0 aromatic heterocycles. The first-order valence-electron chi connectivity index (χ1n) is 7.02. The van der Waals surface area contributed by atoms with E-state index in [9.17, 15) is 13.5 Å². The van der Waals surface area contributed by atoms with Gasteiger partial charge >= 0.3 is 0 Å². The maximum absolute atomic E-state index is 11.4. The molecule has 1 saturated heterocycles. The second-order valence-electron chi connectivity index (χ2n) is 6.38. The van der Waals surface area contributed by atoms with E-state index >= 15 is 0 Å². The highest BCUT2D eigenvalue weighted by atomic mass is 32.2. The number of hydrogen-bond acceptors (Lipinski definition) is 5. The Morgan fingerprint density at radius 2 is 1.95 bits per heavy atom. The van der Waals surface area contributed by atoms with E-state index in [-0.39, 0.29) is 0 Å². The highest BCUT2D eigenvalue weighted by Crippen LogP contribution is 2.36. The van der Waals surface area contributed by atoms with Crippen molar-refractivity contribution in [3.63, 3.8) is 0 Å². The van der Waals surface area contributed by atoms with Crippen molar-refractivity contribution in [3.8, 4) is 0 Å². The molecule has 1 aliphatic rings. The molecular weight excluding hydrogens is 290 g/mol. The minimum Gasteiger partial charge on any atom is -0.378 e. The molecule has 1 N–H and O–H groups in total. The summed E-state index contributed by atoms with van der Waals surface area (Å²) in [6, 6.07) is 9.80. The van der Waals surface area contributed by atoms with E-state index in [4.69, 9.17) is 4.18 Å². The van der Waals surface area contributed by atoms with Gasteiger partial charge in [-0.05, 0) is 17.4 Å². The molecule has 21 heavy (non-hydrogen) atoms. The van der Waals surface area contributed by atoms with Gasteiger partial charge in [0.25, 0.3) is 10.1 Å². The molecule has 118 valence electrons. The Balaban J connectivity index is 2.13. The molecule has 0 aliphatic carbocycles. The number of likely N-dealkylation sites (tertiary alicyclic amines) is 1. The molecule has 1 fully saturated rings. The fourth-order valence-corrected chi connectivity index (χ4v) is 3.42. The van der Waals surface area contributed by atoms with Gasteiger partial charge in [0, 0.05) is 13.1 Å². The predicted molar refractivity (Wildman–Crippen MR) is 81.0 cm³/mol. The van der Waals surface area contributed by atoms with E-state index in [2.05, 4.69) is 0 Å². The van der Waals surface area contributed by atoms with Crippen LogP contribution in [0.5, 0.6) is 0 Å². The van der Waals surface area contributed by atoms with Crippen LogP contribution >= 0.6 is 0 Å². The Labute approximate surface area is 126 Å². The van der Waals surface area contributed by atoms with Crippen molar-refractivity contribution in [2.24, 2.45) is 5.41 Å². The average molecular weight is 313 g/mol. The van der Waals surface area contributed by atoms with E-state index in [0.29, 0.717) is 19.5 Å². The number of aliphatic hydroxyl groups is 1. The van der Waals surface area contributed by atoms with Crippen molar-refractivity contribution in [2.75, 3.05) is 12.8 Å². The zero-order valence-corrected chi connectivity index (χ0v) is 13.5. The monoisotopic (exact) mass is 313 g/mol. The molecule has 2 rings (SSSR count). The zero-order chi connectivity index (χ0) is 15.7. The molecular formula is C15H23NO4S. The lowest BCUT2D eigenvalue weighted by Gasteiger charge is -2.45. The van der Waals surface area contributed by atoms with Crippen LogP contribution in [0, 0.1) is 5.41 Å². The van der Waals surface area contributed by atoms with Gasteiger partial charge in [-0.25, -0.2) is 0 Å². The summed E-state index contributed by atoms with van der Waals surface area (Å²) in [5.41, 5.74) is 0.685. The normalized spacial score (nSPS) is 26.7. The van der Waals surface area contributed by atoms with Crippen LogP contribution < -0.4 is 0 Å². The lowest BCUT2D eigenvalue weighted by Crippen LogP contribution is -2.54. The first-order valence-corrected chi connectivity index (χ1v) is 8.83. The fourth-order valence-electron chi connectivity index (χ4n) is 2.67. The SMILES string of the molecule is CC1(C)CC(O)N(Cc2ccccc2)CC1OS(C)(=O)=O. The third kappa shape index (κ3) is 4.51. The lowest BCUT2D eigenvalue weighted by molar-refractivity contribution is -0.116. The zero-order valence-electron chi connectivity index (χ0n) is 12.7. The van der Waals surface area contributed by atoms with Gasteiger partial charge in [-0.1, -0.05) is 44.2 Å². The summed E-state index contributed by atoms with van der Waals surface area (Å²) in [5, 5.41) is 10.3. The van der Waals surface area contributed by atoms with Gasteiger partial charge in [0.2, 0.25) is 0 Å². The molecule has 5 nitrogen and oxygen atoms in total. The molecule has 2 atom stereocenters. The minimum absolute atomic E-state index is 0.385. The Morgan fingerprint density at radius 3 is 2.52 bits per heavy atom. The maximum atomic E-state index is 11.4. The summed E-state index contributed by atoms with van der Waals surface area (Å²) in [7, 11) is -3.52. The third-order valence-corrected chi connectivity index (χ3v) is 4.50. The van der Waals surface area contributed by atoms with Crippen LogP contribution in [0.1, 0.15) is 25.8 Å². The second kappa shape index (κ2) is 6.04. The van der Waals surface area contributed by atoms with Gasteiger partial charge < -0.3 is 5.11 Å². The van der Waals surface area contributed by atoms with Crippen LogP contribution in [0.15, 0.2) is 30.3 Å². The van der Waals surface area contributed by atoms with E-state index in [1.807, 2.05) is 49.1 Å². The Hall–Kier alpha value is -0.950. The standard InChI is InChI=1S/C15H23NO4S/c1-15(2)9-14(17)16(10-12-7-5-4-6-8-12)11-13(15)20-21(3,18)19/h4-8,13-14,17H,9-11H2,1-3H3. The van der Waals surface area contributed by atoms with Crippen LogP contribution in [-0.2, 0) is 20.8 Å². The predicted octanol–water partition coefficient (Wildman–Crippen LogP) is 1.58. The molecule has 1 aromatic rings. The Morgan fingerprint density at radius 1 is 1.33 bits per heavy atom. The van der Waals surface area contributed by atoms with Crippen LogP contribution in [0.3, 0.4) is 0 Å². The molecule has 2 unspecified atom stereocenters. The van der Waals surface area contributed by atoms with Crippen molar-refractivity contribution >= 4 is 10.1 Å². The van der Waals surface area contributed by atoms with Gasteiger partial charge in [-0.15, -0.1) is 0 Å². The number of piperidine rings is 1. The molecule has 0 spiro atoms. The number of benzene rings is 1. The first-order chi connectivity index (χ1) is 9.67. The quantitative estimate of drug-likeness (QED) is 0.855. The molecule has 6 heteroatoms. The number of rotatable bonds is 4. The van der Waals surface area contributed by atoms with Gasteiger partial charge in [-0.3, -0.25) is 9.08 Å². The summed E-state index contributed by atoms with van der Waals surface area (Å²) < 4.78 is 28.1. The highest BCUT2D eigenvalue weighted by Gasteiger charge is 2.42. The number of hydrogen-bond donors (Lipinski definition) is 1. The van der Waals surface area contributed by atoms with Crippen molar-refractivity contribution < 1.29 is 17.7 Å². The molecule has 0 saturated carbocycles. The molecule has 1 aliphatic heterocycles. The van der Waals surface area contributed by atoms with E-state index in [0.717, 1.165) is 11.8 Å². The van der Waals surface area contributed by atoms with Gasteiger partial charge in [0.05, 0.1) is 12.4 Å². The van der Waals surface area contributed by atoms with Gasteiger partial charge in [0.15, 0.2) is 0 Å². The van der Waals surface area contributed by atoms with Crippen LogP contribution in [0.2, 0.25) is 0 Å². The molecule has 0 amide bonds. The van der Waals surface area contributed by atoms with Crippen molar-refractivity contribution in [1.82, 2.24) is 4.90 Å². The Bertz CT molecular complexity index is 571. The average Bonchev–Trinajstić information content (AvgIpc) is 2.34. The van der Waals surface area contributed by atoms with Crippen molar-refractivity contribution in [1.29, 1.82) is 0 Å². The van der Waals surface area contributed by atoms with E-state index in [1.165, 1.54) is 0 Å². The Kier molecular flexibility index (Phi) is 4.72. The number of nitrogens with zero attached hydrogens (tertiary/aromatic N) is 1. The first kappa shape index (κ1) is 16.4. The summed E-state index contributed by atoms with van der Waals surface area (Å²) in [4.78, 5) is 1.86. The number of aliphatic hydroxyl groups excluding tert-OH is 1. The van der Waals surface area contributed by atoms with E-state index in [1.54, 1.807) is 0 Å². The topological polar surface area (TPSA) is 66.8 Å². The lowest BCUT2D eigenvalue weighted by atomic mass is 9.79. The maximum Gasteiger partial charge on any atom is 0.264 e. The smallest absolute Gasteiger partial charge is 0.264 e. The third-order valence-electron chi connectivity index (χ3n) is 3.92.